The maximum atomic E-state index is 12.2. The third-order valence-corrected chi connectivity index (χ3v) is 4.55. The molecule has 0 unspecified atom stereocenters. The highest BCUT2D eigenvalue weighted by atomic mass is 16.2. The molecule has 0 aromatic heterocycles. The van der Waals surface area contributed by atoms with Crippen molar-refractivity contribution >= 4 is 11.8 Å². The lowest BCUT2D eigenvalue weighted by atomic mass is 9.96. The summed E-state index contributed by atoms with van der Waals surface area (Å²) in [7, 11) is 0. The van der Waals surface area contributed by atoms with Crippen LogP contribution in [0.15, 0.2) is 42.5 Å². The minimum absolute atomic E-state index is 0.224. The normalized spacial score (nSPS) is 13.0. The molecule has 0 saturated heterocycles. The predicted molar refractivity (Wildman–Crippen MR) is 100 cm³/mol. The van der Waals surface area contributed by atoms with Crippen molar-refractivity contribution in [1.29, 1.82) is 0 Å². The number of hydrogen-bond donors (Lipinski definition) is 2. The van der Waals surface area contributed by atoms with Crippen LogP contribution in [0.25, 0.3) is 0 Å². The lowest BCUT2D eigenvalue weighted by Gasteiger charge is -2.19. The Kier molecular flexibility index (Phi) is 5.97. The van der Waals surface area contributed by atoms with Crippen LogP contribution in [0.3, 0.4) is 0 Å². The fourth-order valence-electron chi connectivity index (χ4n) is 2.88. The smallest absolute Gasteiger partial charge is 0.309 e. The molecule has 2 aromatic carbocycles. The first-order chi connectivity index (χ1) is 11.8. The second-order valence-electron chi connectivity index (χ2n) is 6.59. The number of aryl methyl sites for hydroxylation is 3. The van der Waals surface area contributed by atoms with Crippen molar-refractivity contribution in [3.63, 3.8) is 0 Å². The number of carbonyl (C=O) groups is 2. The molecule has 2 amide bonds. The molecule has 0 fully saturated rings. The van der Waals surface area contributed by atoms with Crippen LogP contribution in [-0.2, 0) is 9.59 Å². The summed E-state index contributed by atoms with van der Waals surface area (Å²) in [5.74, 6) is -1.24. The largest absolute Gasteiger partial charge is 0.341 e. The van der Waals surface area contributed by atoms with Gasteiger partial charge in [0.2, 0.25) is 0 Å². The zero-order chi connectivity index (χ0) is 18.6. The third kappa shape index (κ3) is 4.69. The van der Waals surface area contributed by atoms with Gasteiger partial charge in [-0.25, -0.2) is 0 Å². The van der Waals surface area contributed by atoms with Gasteiger partial charge in [-0.2, -0.15) is 0 Å². The van der Waals surface area contributed by atoms with Gasteiger partial charge in [-0.1, -0.05) is 42.5 Å². The summed E-state index contributed by atoms with van der Waals surface area (Å²) in [5, 5.41) is 5.53. The number of carbonyl (C=O) groups excluding carboxylic acids is 2. The van der Waals surface area contributed by atoms with Crippen LogP contribution >= 0.6 is 0 Å². The van der Waals surface area contributed by atoms with Crippen molar-refractivity contribution in [2.75, 3.05) is 0 Å². The van der Waals surface area contributed by atoms with Crippen molar-refractivity contribution in [3.8, 4) is 0 Å². The van der Waals surface area contributed by atoms with Crippen LogP contribution < -0.4 is 10.6 Å². The lowest BCUT2D eigenvalue weighted by molar-refractivity contribution is -0.140. The van der Waals surface area contributed by atoms with Crippen LogP contribution in [0, 0.1) is 20.8 Å². The molecule has 0 spiro atoms. The maximum absolute atomic E-state index is 12.2. The van der Waals surface area contributed by atoms with Gasteiger partial charge in [-0.15, -0.1) is 0 Å². The molecule has 0 heterocycles. The fraction of sp³-hybridized carbons (Fsp3) is 0.333. The van der Waals surface area contributed by atoms with Gasteiger partial charge in [0.25, 0.3) is 0 Å². The molecule has 2 atom stereocenters. The van der Waals surface area contributed by atoms with E-state index < -0.39 is 11.8 Å². The van der Waals surface area contributed by atoms with Gasteiger partial charge in [0.15, 0.2) is 0 Å². The van der Waals surface area contributed by atoms with Gasteiger partial charge in [-0.3, -0.25) is 9.59 Å². The SMILES string of the molecule is Cc1cc(C)c([C@@H](C)NC(=O)C(=O)N[C@@H](C)c2ccccc2)cc1C. The van der Waals surface area contributed by atoms with Gasteiger partial charge in [0.1, 0.15) is 0 Å². The molecule has 2 rings (SSSR count). The van der Waals surface area contributed by atoms with E-state index in [0.29, 0.717) is 0 Å². The van der Waals surface area contributed by atoms with Crippen molar-refractivity contribution in [1.82, 2.24) is 10.6 Å². The fourth-order valence-corrected chi connectivity index (χ4v) is 2.88. The highest BCUT2D eigenvalue weighted by Gasteiger charge is 2.20. The highest BCUT2D eigenvalue weighted by molar-refractivity contribution is 6.35. The molecule has 0 radical (unpaired) electrons. The summed E-state index contributed by atoms with van der Waals surface area (Å²) in [6, 6.07) is 13.3. The first-order valence-electron chi connectivity index (χ1n) is 8.53. The summed E-state index contributed by atoms with van der Waals surface area (Å²) in [5.41, 5.74) is 5.48. The van der Waals surface area contributed by atoms with Gasteiger partial charge in [0.05, 0.1) is 12.1 Å². The Morgan fingerprint density at radius 3 is 1.88 bits per heavy atom. The number of nitrogens with one attached hydrogen (secondary N) is 2. The molecule has 132 valence electrons. The molecule has 25 heavy (non-hydrogen) atoms. The molecule has 0 aliphatic carbocycles. The van der Waals surface area contributed by atoms with Crippen LogP contribution in [0.5, 0.6) is 0 Å². The first kappa shape index (κ1) is 18.7. The summed E-state index contributed by atoms with van der Waals surface area (Å²) in [6.07, 6.45) is 0. The minimum Gasteiger partial charge on any atom is -0.341 e. The molecule has 0 aliphatic rings. The average molecular weight is 338 g/mol. The molecule has 0 saturated carbocycles. The molecular weight excluding hydrogens is 312 g/mol. The monoisotopic (exact) mass is 338 g/mol. The minimum atomic E-state index is -0.621. The lowest BCUT2D eigenvalue weighted by Crippen LogP contribution is -2.42. The highest BCUT2D eigenvalue weighted by Crippen LogP contribution is 2.21. The number of benzene rings is 2. The Morgan fingerprint density at radius 1 is 0.760 bits per heavy atom. The molecular formula is C21H26N2O2. The molecule has 4 heteroatoms. The molecule has 4 nitrogen and oxygen atoms in total. The summed E-state index contributed by atoms with van der Waals surface area (Å²) >= 11 is 0. The molecule has 2 N–H and O–H groups in total. The zero-order valence-electron chi connectivity index (χ0n) is 15.5. The quantitative estimate of drug-likeness (QED) is 0.836. The van der Waals surface area contributed by atoms with E-state index in [0.717, 1.165) is 16.7 Å². The van der Waals surface area contributed by atoms with E-state index in [1.165, 1.54) is 11.1 Å². The summed E-state index contributed by atoms with van der Waals surface area (Å²) in [4.78, 5) is 24.4. The van der Waals surface area contributed by atoms with E-state index in [1.54, 1.807) is 0 Å². The van der Waals surface area contributed by atoms with E-state index in [2.05, 4.69) is 29.7 Å². The van der Waals surface area contributed by atoms with Gasteiger partial charge >= 0.3 is 11.8 Å². The number of rotatable bonds is 4. The number of hydrogen-bond acceptors (Lipinski definition) is 2. The van der Waals surface area contributed by atoms with E-state index in [-0.39, 0.29) is 12.1 Å². The Bertz CT molecular complexity index is 769. The molecule has 0 bridgehead atoms. The van der Waals surface area contributed by atoms with Gasteiger partial charge in [-0.05, 0) is 62.4 Å². The summed E-state index contributed by atoms with van der Waals surface area (Å²) in [6.45, 7) is 9.87. The standard InChI is InChI=1S/C21H26N2O2/c1-13-11-15(3)19(12-14(13)2)17(5)23-21(25)20(24)22-16(4)18-9-7-6-8-10-18/h6-12,16-17H,1-5H3,(H,22,24)(H,23,25)/t16-,17+/m0/s1. The van der Waals surface area contributed by atoms with E-state index in [1.807, 2.05) is 58.0 Å². The van der Waals surface area contributed by atoms with Crippen LogP contribution in [0.2, 0.25) is 0 Å². The van der Waals surface area contributed by atoms with Crippen molar-refractivity contribution in [3.05, 3.63) is 70.3 Å². The predicted octanol–water partition coefficient (Wildman–Crippen LogP) is 3.67. The Balaban J connectivity index is 2.01. The van der Waals surface area contributed by atoms with E-state index >= 15 is 0 Å². The summed E-state index contributed by atoms with van der Waals surface area (Å²) < 4.78 is 0. The van der Waals surface area contributed by atoms with Crippen molar-refractivity contribution < 1.29 is 9.59 Å². The Hall–Kier alpha value is -2.62. The zero-order valence-corrected chi connectivity index (χ0v) is 15.5. The topological polar surface area (TPSA) is 58.2 Å². The molecule has 2 aromatic rings. The molecule has 0 aliphatic heterocycles. The third-order valence-electron chi connectivity index (χ3n) is 4.55. The van der Waals surface area contributed by atoms with Gasteiger partial charge in [0, 0.05) is 0 Å². The second kappa shape index (κ2) is 7.97. The number of amides is 2. The first-order valence-corrected chi connectivity index (χ1v) is 8.53. The van der Waals surface area contributed by atoms with Gasteiger partial charge < -0.3 is 10.6 Å². The van der Waals surface area contributed by atoms with Crippen LogP contribution in [-0.4, -0.2) is 11.8 Å². The van der Waals surface area contributed by atoms with E-state index in [9.17, 15) is 9.59 Å². The van der Waals surface area contributed by atoms with Crippen molar-refractivity contribution in [2.45, 2.75) is 46.7 Å². The van der Waals surface area contributed by atoms with Crippen molar-refractivity contribution in [2.24, 2.45) is 0 Å². The Labute approximate surface area is 149 Å². The van der Waals surface area contributed by atoms with E-state index in [4.69, 9.17) is 0 Å². The Morgan fingerprint density at radius 2 is 1.28 bits per heavy atom. The second-order valence-corrected chi connectivity index (χ2v) is 6.59. The average Bonchev–Trinajstić information content (AvgIpc) is 2.58. The van der Waals surface area contributed by atoms with Crippen LogP contribution in [0.1, 0.15) is 53.7 Å². The maximum Gasteiger partial charge on any atom is 0.309 e. The van der Waals surface area contributed by atoms with Crippen LogP contribution in [0.4, 0.5) is 0 Å².